The quantitative estimate of drug-likeness (QED) is 0.157. The lowest BCUT2D eigenvalue weighted by atomic mass is 10.1. The third kappa shape index (κ3) is 12.3. The van der Waals surface area contributed by atoms with Crippen LogP contribution in [0.25, 0.3) is 0 Å². The second-order valence-electron chi connectivity index (χ2n) is 8.81. The topological polar surface area (TPSA) is 44.5 Å². The molecule has 188 valence electrons. The largest absolute Gasteiger partial charge is 0.488 e. The Morgan fingerprint density at radius 1 is 0.812 bits per heavy atom. The van der Waals surface area contributed by atoms with Crippen molar-refractivity contribution in [2.24, 2.45) is 0 Å². The molecule has 0 amide bonds. The summed E-state index contributed by atoms with van der Waals surface area (Å²) in [6, 6.07) is 0. The lowest BCUT2D eigenvalue weighted by Gasteiger charge is -2.21. The first-order valence-corrected chi connectivity index (χ1v) is 13.2. The molecule has 2 N–H and O–H groups in total. The Morgan fingerprint density at radius 3 is 1.78 bits per heavy atom. The van der Waals surface area contributed by atoms with Crippen molar-refractivity contribution in [3.05, 3.63) is 22.8 Å². The molecule has 1 aromatic rings. The van der Waals surface area contributed by atoms with Crippen LogP contribution in [0.15, 0.2) is 0 Å². The number of hydrogen-bond donors (Lipinski definition) is 1. The number of unbranched alkanes of at least 4 members (excludes halogenated alkanes) is 8. The smallest absolute Gasteiger partial charge is 0.193 e. The van der Waals surface area contributed by atoms with E-state index in [1.165, 1.54) is 44.9 Å². The zero-order chi connectivity index (χ0) is 24.6. The van der Waals surface area contributed by atoms with E-state index in [2.05, 4.69) is 27.7 Å². The summed E-state index contributed by atoms with van der Waals surface area (Å²) in [5.41, 5.74) is 6.44. The first kappa shape index (κ1) is 31.0. The van der Waals surface area contributed by atoms with Gasteiger partial charge in [-0.25, -0.2) is 8.78 Å². The van der Waals surface area contributed by atoms with E-state index < -0.39 is 11.6 Å². The minimum Gasteiger partial charge on any atom is -0.488 e. The summed E-state index contributed by atoms with van der Waals surface area (Å²) in [5.74, 6) is -0.611. The van der Waals surface area contributed by atoms with Gasteiger partial charge in [-0.05, 0) is 57.4 Å². The van der Waals surface area contributed by atoms with Crippen molar-refractivity contribution in [3.8, 4) is 5.75 Å². The van der Waals surface area contributed by atoms with Gasteiger partial charge in [0.05, 0.1) is 12.3 Å². The van der Waals surface area contributed by atoms with Crippen LogP contribution in [-0.2, 0) is 4.74 Å². The molecule has 1 aromatic carbocycles. The molecule has 0 unspecified atom stereocenters. The zero-order valence-electron chi connectivity index (χ0n) is 21.5. The van der Waals surface area contributed by atoms with E-state index in [1.807, 2.05) is 11.8 Å². The number of nitrogens with two attached hydrogens (primary N) is 1. The van der Waals surface area contributed by atoms with Crippen LogP contribution in [0.2, 0.25) is 0 Å². The fourth-order valence-corrected chi connectivity index (χ4v) is 4.00. The van der Waals surface area contributed by atoms with Crippen LogP contribution in [0.3, 0.4) is 0 Å². The van der Waals surface area contributed by atoms with Crippen LogP contribution in [0.5, 0.6) is 5.75 Å². The van der Waals surface area contributed by atoms with Gasteiger partial charge < -0.3 is 15.2 Å². The lowest BCUT2D eigenvalue weighted by Crippen LogP contribution is -2.17. The molecule has 0 saturated heterocycles. The van der Waals surface area contributed by atoms with Crippen molar-refractivity contribution in [2.75, 3.05) is 25.2 Å². The summed E-state index contributed by atoms with van der Waals surface area (Å²) < 4.78 is 39.0. The predicted octanol–water partition coefficient (Wildman–Crippen LogP) is 8.59. The fourth-order valence-electron chi connectivity index (χ4n) is 3.04. The molecule has 0 atom stereocenters. The molecule has 0 aliphatic carbocycles. The van der Waals surface area contributed by atoms with Crippen LogP contribution in [-0.4, -0.2) is 24.4 Å². The molecule has 0 heterocycles. The maximum Gasteiger partial charge on any atom is 0.193 e. The molecule has 6 heteroatoms. The van der Waals surface area contributed by atoms with E-state index >= 15 is 0 Å². The maximum atomic E-state index is 14.2. The van der Waals surface area contributed by atoms with Gasteiger partial charge in [-0.3, -0.25) is 0 Å². The van der Waals surface area contributed by atoms with Crippen LogP contribution >= 0.6 is 11.8 Å². The molecule has 3 nitrogen and oxygen atoms in total. The van der Waals surface area contributed by atoms with E-state index in [-0.39, 0.29) is 16.4 Å². The summed E-state index contributed by atoms with van der Waals surface area (Å²) in [5, 5.41) is 0. The van der Waals surface area contributed by atoms with Gasteiger partial charge in [0.25, 0.3) is 0 Å². The van der Waals surface area contributed by atoms with Crippen molar-refractivity contribution in [3.63, 3.8) is 0 Å². The van der Waals surface area contributed by atoms with Crippen molar-refractivity contribution < 1.29 is 18.3 Å². The Bertz CT molecular complexity index is 610. The molecule has 0 saturated carbocycles. The highest BCUT2D eigenvalue weighted by molar-refractivity contribution is 8.00. The number of thioether (sulfide) groups is 1. The van der Waals surface area contributed by atoms with Gasteiger partial charge >= 0.3 is 0 Å². The van der Waals surface area contributed by atoms with Crippen molar-refractivity contribution >= 4 is 17.4 Å². The standard InChI is InChI=1S/C23H39F2NO2S.C3H8/c1-17-18(2)21(26)20(25)22(19(17)24)28-15-13-11-9-7-6-8-10-12-14-16-29-23(3,4)27-5;1-3-2/h6-16,26H2,1-5H3;3H2,1-2H3. The molecular weight excluding hydrogens is 428 g/mol. The Balaban J connectivity index is 0.00000302. The van der Waals surface area contributed by atoms with E-state index in [1.54, 1.807) is 21.0 Å². The summed E-state index contributed by atoms with van der Waals surface area (Å²) in [6.07, 6.45) is 11.7. The van der Waals surface area contributed by atoms with E-state index in [4.69, 9.17) is 15.2 Å². The van der Waals surface area contributed by atoms with E-state index in [9.17, 15) is 8.78 Å². The highest BCUT2D eigenvalue weighted by atomic mass is 32.2. The Labute approximate surface area is 200 Å². The monoisotopic (exact) mass is 475 g/mol. The molecular formula is C26H47F2NO2S. The molecule has 0 spiro atoms. The van der Waals surface area contributed by atoms with Crippen LogP contribution in [0, 0.1) is 25.5 Å². The average Bonchev–Trinajstić information content (AvgIpc) is 2.76. The minimum atomic E-state index is -0.783. The number of anilines is 1. The number of hydrogen-bond acceptors (Lipinski definition) is 4. The molecule has 0 radical (unpaired) electrons. The number of halogens is 2. The third-order valence-corrected chi connectivity index (χ3v) is 6.76. The molecule has 0 fully saturated rings. The summed E-state index contributed by atoms with van der Waals surface area (Å²) in [6.45, 7) is 12.0. The fraction of sp³-hybridized carbons (Fsp3) is 0.769. The normalized spacial score (nSPS) is 11.3. The van der Waals surface area contributed by atoms with Gasteiger partial charge in [0.15, 0.2) is 17.4 Å². The summed E-state index contributed by atoms with van der Waals surface area (Å²) >= 11 is 1.87. The Morgan fingerprint density at radius 2 is 1.28 bits per heavy atom. The van der Waals surface area contributed by atoms with Gasteiger partial charge in [-0.15, -0.1) is 11.8 Å². The SMILES string of the molecule is CCC.COC(C)(C)SCCCCCCCCCCCOc1c(F)c(C)c(C)c(N)c1F. The molecule has 0 aliphatic heterocycles. The highest BCUT2D eigenvalue weighted by Crippen LogP contribution is 2.32. The minimum absolute atomic E-state index is 0.0279. The molecule has 0 aliphatic rings. The first-order chi connectivity index (χ1) is 15.1. The molecule has 1 rings (SSSR count). The second kappa shape index (κ2) is 17.5. The Hall–Kier alpha value is -1.01. The summed E-state index contributed by atoms with van der Waals surface area (Å²) in [4.78, 5) is -0.0772. The third-order valence-electron chi connectivity index (χ3n) is 5.41. The van der Waals surface area contributed by atoms with Crippen LogP contribution in [0.4, 0.5) is 14.5 Å². The molecule has 32 heavy (non-hydrogen) atoms. The first-order valence-electron chi connectivity index (χ1n) is 12.2. The lowest BCUT2D eigenvalue weighted by molar-refractivity contribution is 0.103. The van der Waals surface area contributed by atoms with Crippen LogP contribution in [0.1, 0.15) is 103 Å². The number of nitrogen functional groups attached to an aromatic ring is 1. The number of ether oxygens (including phenoxy) is 2. The van der Waals surface area contributed by atoms with Gasteiger partial charge in [-0.1, -0.05) is 65.2 Å². The maximum absolute atomic E-state index is 14.2. The van der Waals surface area contributed by atoms with Crippen LogP contribution < -0.4 is 10.5 Å². The number of rotatable bonds is 15. The van der Waals surface area contributed by atoms with E-state index in [0.29, 0.717) is 17.7 Å². The second-order valence-corrected chi connectivity index (χ2v) is 10.5. The van der Waals surface area contributed by atoms with E-state index in [0.717, 1.165) is 25.0 Å². The van der Waals surface area contributed by atoms with Gasteiger partial charge in [0, 0.05) is 7.11 Å². The molecule has 0 bridgehead atoms. The van der Waals surface area contributed by atoms with Gasteiger partial charge in [0.1, 0.15) is 4.93 Å². The van der Waals surface area contributed by atoms with Crippen molar-refractivity contribution in [1.29, 1.82) is 0 Å². The highest BCUT2D eigenvalue weighted by Gasteiger charge is 2.20. The van der Waals surface area contributed by atoms with Crippen molar-refractivity contribution in [2.45, 2.75) is 111 Å². The van der Waals surface area contributed by atoms with Gasteiger partial charge in [-0.2, -0.15) is 0 Å². The van der Waals surface area contributed by atoms with Gasteiger partial charge in [0.2, 0.25) is 0 Å². The van der Waals surface area contributed by atoms with Crippen molar-refractivity contribution in [1.82, 2.24) is 0 Å². The summed E-state index contributed by atoms with van der Waals surface area (Å²) in [7, 11) is 1.76. The number of methoxy groups -OCH3 is 1. The number of benzene rings is 1. The average molecular weight is 476 g/mol. The molecule has 0 aromatic heterocycles. The predicted molar refractivity (Wildman–Crippen MR) is 137 cm³/mol. The Kier molecular flexibility index (Phi) is 16.9. The zero-order valence-corrected chi connectivity index (χ0v) is 22.4.